The molecule has 5 heteroatoms. The molecule has 0 aromatic heterocycles. The molecule has 0 aromatic carbocycles. The maximum Gasteiger partial charge on any atom is 0.340 e. The molecule has 18 heavy (non-hydrogen) atoms. The van der Waals surface area contributed by atoms with Gasteiger partial charge in [-0.25, -0.2) is 9.59 Å². The summed E-state index contributed by atoms with van der Waals surface area (Å²) in [5.41, 5.74) is -0.914. The van der Waals surface area contributed by atoms with E-state index in [4.69, 9.17) is 9.84 Å². The Labute approximate surface area is 106 Å². The van der Waals surface area contributed by atoms with Gasteiger partial charge in [0, 0.05) is 12.0 Å². The van der Waals surface area contributed by atoms with Gasteiger partial charge in [0.15, 0.2) is 5.60 Å². The zero-order chi connectivity index (χ0) is 13.9. The SMILES string of the molecule is CC1=CC(OCC(C)C)(C(=O)O)CC(C(=O)O)=C1. The van der Waals surface area contributed by atoms with Crippen molar-refractivity contribution in [3.63, 3.8) is 0 Å². The third-order valence-electron chi connectivity index (χ3n) is 2.63. The fraction of sp³-hybridized carbons (Fsp3) is 0.538. The third-order valence-corrected chi connectivity index (χ3v) is 2.63. The summed E-state index contributed by atoms with van der Waals surface area (Å²) in [5, 5.41) is 18.3. The molecule has 0 saturated carbocycles. The van der Waals surface area contributed by atoms with E-state index >= 15 is 0 Å². The summed E-state index contributed by atoms with van der Waals surface area (Å²) in [6, 6.07) is 0. The molecule has 0 saturated heterocycles. The predicted molar refractivity (Wildman–Crippen MR) is 65.2 cm³/mol. The van der Waals surface area contributed by atoms with Gasteiger partial charge < -0.3 is 14.9 Å². The van der Waals surface area contributed by atoms with Gasteiger partial charge in [-0.15, -0.1) is 0 Å². The summed E-state index contributed by atoms with van der Waals surface area (Å²) in [7, 11) is 0. The van der Waals surface area contributed by atoms with Crippen molar-refractivity contribution in [2.45, 2.75) is 32.8 Å². The van der Waals surface area contributed by atoms with E-state index in [1.54, 1.807) is 6.92 Å². The maximum atomic E-state index is 11.4. The second-order valence-corrected chi connectivity index (χ2v) is 4.94. The zero-order valence-electron chi connectivity index (χ0n) is 10.8. The number of aliphatic carboxylic acids is 2. The van der Waals surface area contributed by atoms with E-state index in [-0.39, 0.29) is 24.5 Å². The highest BCUT2D eigenvalue weighted by molar-refractivity contribution is 5.91. The Morgan fingerprint density at radius 3 is 2.50 bits per heavy atom. The number of hydrogen-bond donors (Lipinski definition) is 2. The van der Waals surface area contributed by atoms with Gasteiger partial charge in [-0.05, 0) is 25.0 Å². The largest absolute Gasteiger partial charge is 0.479 e. The Morgan fingerprint density at radius 2 is 2.06 bits per heavy atom. The fourth-order valence-electron chi connectivity index (χ4n) is 1.81. The summed E-state index contributed by atoms with van der Waals surface area (Å²) < 4.78 is 5.46. The number of hydrogen-bond acceptors (Lipinski definition) is 3. The molecule has 5 nitrogen and oxygen atoms in total. The first-order valence-corrected chi connectivity index (χ1v) is 5.77. The summed E-state index contributed by atoms with van der Waals surface area (Å²) in [6.45, 7) is 5.74. The maximum absolute atomic E-state index is 11.4. The van der Waals surface area contributed by atoms with Crippen molar-refractivity contribution in [1.29, 1.82) is 0 Å². The molecule has 0 aliphatic heterocycles. The number of ether oxygens (including phenoxy) is 1. The molecule has 100 valence electrons. The van der Waals surface area contributed by atoms with Crippen molar-refractivity contribution in [2.24, 2.45) is 5.92 Å². The lowest BCUT2D eigenvalue weighted by Gasteiger charge is -2.30. The minimum atomic E-state index is -1.56. The van der Waals surface area contributed by atoms with Crippen molar-refractivity contribution >= 4 is 11.9 Å². The van der Waals surface area contributed by atoms with Gasteiger partial charge in [0.25, 0.3) is 0 Å². The summed E-state index contributed by atoms with van der Waals surface area (Å²) in [6.07, 6.45) is 2.80. The second kappa shape index (κ2) is 5.35. The van der Waals surface area contributed by atoms with E-state index < -0.39 is 17.5 Å². The first-order chi connectivity index (χ1) is 8.27. The molecule has 1 unspecified atom stereocenters. The van der Waals surface area contributed by atoms with Crippen molar-refractivity contribution in [3.05, 3.63) is 23.3 Å². The molecule has 0 aromatic rings. The molecule has 0 radical (unpaired) electrons. The average molecular weight is 254 g/mol. The van der Waals surface area contributed by atoms with Crippen molar-refractivity contribution in [2.75, 3.05) is 6.61 Å². The first-order valence-electron chi connectivity index (χ1n) is 5.77. The molecule has 0 bridgehead atoms. The molecule has 0 spiro atoms. The zero-order valence-corrected chi connectivity index (χ0v) is 10.8. The fourth-order valence-corrected chi connectivity index (χ4v) is 1.81. The van der Waals surface area contributed by atoms with E-state index in [0.29, 0.717) is 5.57 Å². The van der Waals surface area contributed by atoms with Gasteiger partial charge in [0.05, 0.1) is 6.61 Å². The summed E-state index contributed by atoms with van der Waals surface area (Å²) in [4.78, 5) is 22.4. The Kier molecular flexibility index (Phi) is 4.29. The number of carboxylic acids is 2. The van der Waals surface area contributed by atoms with E-state index in [2.05, 4.69) is 0 Å². The molecule has 0 amide bonds. The van der Waals surface area contributed by atoms with E-state index in [0.717, 1.165) is 0 Å². The van der Waals surface area contributed by atoms with Gasteiger partial charge >= 0.3 is 11.9 Å². The normalized spacial score (nSPS) is 23.6. The van der Waals surface area contributed by atoms with Crippen LogP contribution in [0.25, 0.3) is 0 Å². The van der Waals surface area contributed by atoms with Crippen LogP contribution in [0.2, 0.25) is 0 Å². The van der Waals surface area contributed by atoms with Crippen LogP contribution < -0.4 is 0 Å². The van der Waals surface area contributed by atoms with Crippen LogP contribution >= 0.6 is 0 Å². The molecule has 0 fully saturated rings. The third kappa shape index (κ3) is 3.20. The van der Waals surface area contributed by atoms with Crippen LogP contribution in [0.3, 0.4) is 0 Å². The number of allylic oxidation sites excluding steroid dienone is 2. The van der Waals surface area contributed by atoms with Crippen molar-refractivity contribution in [1.82, 2.24) is 0 Å². The molecule has 1 atom stereocenters. The van der Waals surface area contributed by atoms with Gasteiger partial charge in [-0.1, -0.05) is 19.4 Å². The summed E-state index contributed by atoms with van der Waals surface area (Å²) >= 11 is 0. The second-order valence-electron chi connectivity index (χ2n) is 4.94. The lowest BCUT2D eigenvalue weighted by atomic mass is 9.86. The van der Waals surface area contributed by atoms with Crippen LogP contribution in [0.1, 0.15) is 27.2 Å². The van der Waals surface area contributed by atoms with Crippen LogP contribution in [-0.2, 0) is 14.3 Å². The van der Waals surface area contributed by atoms with Crippen LogP contribution in [0.4, 0.5) is 0 Å². The molecule has 1 aliphatic carbocycles. The average Bonchev–Trinajstić information content (AvgIpc) is 2.25. The highest BCUT2D eigenvalue weighted by Crippen LogP contribution is 2.31. The van der Waals surface area contributed by atoms with Crippen molar-refractivity contribution < 1.29 is 24.5 Å². The highest BCUT2D eigenvalue weighted by atomic mass is 16.5. The monoisotopic (exact) mass is 254 g/mol. The number of carboxylic acid groups (broad SMARTS) is 2. The van der Waals surface area contributed by atoms with Crippen LogP contribution in [0.15, 0.2) is 23.3 Å². The number of rotatable bonds is 5. The van der Waals surface area contributed by atoms with Gasteiger partial charge in [0.1, 0.15) is 0 Å². The first kappa shape index (κ1) is 14.4. The molecular weight excluding hydrogens is 236 g/mol. The quantitative estimate of drug-likeness (QED) is 0.782. The molecule has 0 heterocycles. The Balaban J connectivity index is 3.04. The summed E-state index contributed by atoms with van der Waals surface area (Å²) in [5.74, 6) is -2.09. The topological polar surface area (TPSA) is 83.8 Å². The minimum Gasteiger partial charge on any atom is -0.479 e. The highest BCUT2D eigenvalue weighted by Gasteiger charge is 2.41. The van der Waals surface area contributed by atoms with E-state index in [1.807, 2.05) is 13.8 Å². The van der Waals surface area contributed by atoms with Crippen LogP contribution in [0.5, 0.6) is 0 Å². The Bertz CT molecular complexity index is 419. The van der Waals surface area contributed by atoms with Gasteiger partial charge in [0.2, 0.25) is 0 Å². The molecule has 1 rings (SSSR count). The smallest absolute Gasteiger partial charge is 0.340 e. The minimum absolute atomic E-state index is 0.0566. The Hall–Kier alpha value is -1.62. The molecular formula is C13H18O5. The van der Waals surface area contributed by atoms with E-state index in [1.165, 1.54) is 12.2 Å². The van der Waals surface area contributed by atoms with Crippen LogP contribution in [-0.4, -0.2) is 34.4 Å². The Morgan fingerprint density at radius 1 is 1.44 bits per heavy atom. The number of carbonyl (C=O) groups is 2. The van der Waals surface area contributed by atoms with Crippen LogP contribution in [0, 0.1) is 5.92 Å². The van der Waals surface area contributed by atoms with Crippen molar-refractivity contribution in [3.8, 4) is 0 Å². The van der Waals surface area contributed by atoms with Gasteiger partial charge in [-0.3, -0.25) is 0 Å². The standard InChI is InChI=1S/C13H18O5/c1-8(2)7-18-13(12(16)17)5-9(3)4-10(6-13)11(14)15/h4-5,8H,6-7H2,1-3H3,(H,14,15)(H,16,17). The lowest BCUT2D eigenvalue weighted by molar-refractivity contribution is -0.161. The van der Waals surface area contributed by atoms with Gasteiger partial charge in [-0.2, -0.15) is 0 Å². The lowest BCUT2D eigenvalue weighted by Crippen LogP contribution is -2.43. The van der Waals surface area contributed by atoms with E-state index in [9.17, 15) is 14.7 Å². The molecule has 1 aliphatic rings. The molecule has 2 N–H and O–H groups in total. The predicted octanol–water partition coefficient (Wildman–Crippen LogP) is 1.84.